The Labute approximate surface area is 122 Å². The van der Waals surface area contributed by atoms with Gasteiger partial charge >= 0.3 is 0 Å². The van der Waals surface area contributed by atoms with E-state index in [0.29, 0.717) is 19.5 Å². The molecular formula is C15H24N2O2S. The number of hydrogen-bond donors (Lipinski definition) is 1. The Balaban J connectivity index is 2.99. The van der Waals surface area contributed by atoms with E-state index in [9.17, 15) is 8.42 Å². The average molecular weight is 296 g/mol. The molecule has 1 unspecified atom stereocenters. The van der Waals surface area contributed by atoms with E-state index in [1.165, 1.54) is 4.31 Å². The summed E-state index contributed by atoms with van der Waals surface area (Å²) in [6.07, 6.45) is 0.588. The topological polar surface area (TPSA) is 49.4 Å². The summed E-state index contributed by atoms with van der Waals surface area (Å²) in [5.74, 6) is 0. The van der Waals surface area contributed by atoms with Crippen molar-refractivity contribution in [1.29, 1.82) is 0 Å². The highest BCUT2D eigenvalue weighted by molar-refractivity contribution is 7.87. The molecule has 0 aliphatic heterocycles. The average Bonchev–Trinajstić information content (AvgIpc) is 2.39. The zero-order chi connectivity index (χ0) is 15.2. The van der Waals surface area contributed by atoms with Crippen LogP contribution in [-0.2, 0) is 10.2 Å². The molecular weight excluding hydrogens is 272 g/mol. The van der Waals surface area contributed by atoms with Crippen molar-refractivity contribution in [3.8, 4) is 0 Å². The summed E-state index contributed by atoms with van der Waals surface area (Å²) in [6, 6.07) is 9.31. The quantitative estimate of drug-likeness (QED) is 0.750. The Kier molecular flexibility index (Phi) is 6.39. The molecule has 0 aliphatic rings. The Bertz CT molecular complexity index is 522. The van der Waals surface area contributed by atoms with Gasteiger partial charge < -0.3 is 0 Å². The van der Waals surface area contributed by atoms with Gasteiger partial charge in [0, 0.05) is 13.1 Å². The highest BCUT2D eigenvalue weighted by Gasteiger charge is 2.23. The zero-order valence-corrected chi connectivity index (χ0v) is 13.3. The smallest absolute Gasteiger partial charge is 0.195 e. The van der Waals surface area contributed by atoms with Gasteiger partial charge in [-0.1, -0.05) is 49.8 Å². The fourth-order valence-electron chi connectivity index (χ4n) is 2.08. The van der Waals surface area contributed by atoms with Crippen LogP contribution >= 0.6 is 0 Å². The SMILES string of the molecule is C=C(C)CC(NS(=O)(=O)N(CC)CC)c1ccccc1. The molecule has 0 radical (unpaired) electrons. The summed E-state index contributed by atoms with van der Waals surface area (Å²) in [4.78, 5) is 0. The first-order valence-corrected chi connectivity index (χ1v) is 8.31. The molecule has 0 bridgehead atoms. The van der Waals surface area contributed by atoms with Crippen molar-refractivity contribution < 1.29 is 8.42 Å². The van der Waals surface area contributed by atoms with E-state index in [2.05, 4.69) is 11.3 Å². The third-order valence-electron chi connectivity index (χ3n) is 3.09. The molecule has 1 N–H and O–H groups in total. The Morgan fingerprint density at radius 3 is 2.25 bits per heavy atom. The van der Waals surface area contributed by atoms with Crippen LogP contribution in [0.3, 0.4) is 0 Å². The summed E-state index contributed by atoms with van der Waals surface area (Å²) < 4.78 is 28.9. The van der Waals surface area contributed by atoms with Gasteiger partial charge in [0.15, 0.2) is 0 Å². The van der Waals surface area contributed by atoms with E-state index in [1.807, 2.05) is 51.1 Å². The van der Waals surface area contributed by atoms with Crippen LogP contribution in [0.4, 0.5) is 0 Å². The van der Waals surface area contributed by atoms with Crippen molar-refractivity contribution >= 4 is 10.2 Å². The maximum absolute atomic E-state index is 12.3. The van der Waals surface area contributed by atoms with Crippen LogP contribution < -0.4 is 4.72 Å². The van der Waals surface area contributed by atoms with Crippen LogP contribution in [0, 0.1) is 0 Å². The maximum Gasteiger partial charge on any atom is 0.279 e. The van der Waals surface area contributed by atoms with Crippen molar-refractivity contribution in [3.63, 3.8) is 0 Å². The predicted molar refractivity (Wildman–Crippen MR) is 83.6 cm³/mol. The molecule has 4 nitrogen and oxygen atoms in total. The molecule has 0 amide bonds. The fourth-order valence-corrected chi connectivity index (χ4v) is 3.49. The first-order chi connectivity index (χ1) is 9.40. The van der Waals surface area contributed by atoms with Crippen LogP contribution in [0.5, 0.6) is 0 Å². The molecule has 0 spiro atoms. The number of nitrogens with zero attached hydrogens (tertiary/aromatic N) is 1. The van der Waals surface area contributed by atoms with E-state index in [4.69, 9.17) is 0 Å². The Morgan fingerprint density at radius 2 is 1.80 bits per heavy atom. The van der Waals surface area contributed by atoms with Gasteiger partial charge in [-0.25, -0.2) is 0 Å². The fraction of sp³-hybridized carbons (Fsp3) is 0.467. The third-order valence-corrected chi connectivity index (χ3v) is 4.87. The van der Waals surface area contributed by atoms with E-state index in [0.717, 1.165) is 11.1 Å². The summed E-state index contributed by atoms with van der Waals surface area (Å²) in [6.45, 7) is 10.4. The maximum atomic E-state index is 12.3. The summed E-state index contributed by atoms with van der Waals surface area (Å²) in [5.41, 5.74) is 1.90. The number of rotatable bonds is 8. The number of hydrogen-bond acceptors (Lipinski definition) is 2. The molecule has 0 aromatic heterocycles. The van der Waals surface area contributed by atoms with E-state index in [1.54, 1.807) is 0 Å². The minimum absolute atomic E-state index is 0.278. The second kappa shape index (κ2) is 7.57. The normalized spacial score (nSPS) is 13.4. The standard InChI is InChI=1S/C15H24N2O2S/c1-5-17(6-2)20(18,19)16-15(12-13(3)4)14-10-8-7-9-11-14/h7-11,15-16H,3,5-6,12H2,1-2,4H3. The van der Waals surface area contributed by atoms with Crippen molar-refractivity contribution in [1.82, 2.24) is 9.03 Å². The van der Waals surface area contributed by atoms with Gasteiger partial charge in [-0.3, -0.25) is 0 Å². The van der Waals surface area contributed by atoms with Gasteiger partial charge in [-0.2, -0.15) is 17.4 Å². The summed E-state index contributed by atoms with van der Waals surface area (Å²) in [5, 5.41) is 0. The van der Waals surface area contributed by atoms with Crippen LogP contribution in [0.1, 0.15) is 38.8 Å². The van der Waals surface area contributed by atoms with Gasteiger partial charge in [0.05, 0.1) is 6.04 Å². The minimum Gasteiger partial charge on any atom is -0.195 e. The lowest BCUT2D eigenvalue weighted by Gasteiger charge is -2.24. The number of benzene rings is 1. The van der Waals surface area contributed by atoms with Crippen molar-refractivity contribution in [2.24, 2.45) is 0 Å². The van der Waals surface area contributed by atoms with Crippen LogP contribution in [-0.4, -0.2) is 25.8 Å². The third kappa shape index (κ3) is 4.74. The predicted octanol–water partition coefficient (Wildman–Crippen LogP) is 2.87. The van der Waals surface area contributed by atoms with Crippen molar-refractivity contribution in [2.45, 2.75) is 33.2 Å². The molecule has 20 heavy (non-hydrogen) atoms. The largest absolute Gasteiger partial charge is 0.279 e. The molecule has 1 aromatic rings. The van der Waals surface area contributed by atoms with Crippen molar-refractivity contribution in [3.05, 3.63) is 48.0 Å². The lowest BCUT2D eigenvalue weighted by Crippen LogP contribution is -2.42. The van der Waals surface area contributed by atoms with Gasteiger partial charge in [0.2, 0.25) is 0 Å². The molecule has 0 saturated heterocycles. The van der Waals surface area contributed by atoms with Gasteiger partial charge in [0.25, 0.3) is 10.2 Å². The second-order valence-electron chi connectivity index (χ2n) is 4.83. The molecule has 5 heteroatoms. The Hall–Kier alpha value is -1.17. The first-order valence-electron chi connectivity index (χ1n) is 6.87. The molecule has 1 aromatic carbocycles. The van der Waals surface area contributed by atoms with Crippen LogP contribution in [0.25, 0.3) is 0 Å². The lowest BCUT2D eigenvalue weighted by molar-refractivity contribution is 0.425. The summed E-state index contributed by atoms with van der Waals surface area (Å²) >= 11 is 0. The molecule has 1 atom stereocenters. The van der Waals surface area contributed by atoms with Crippen molar-refractivity contribution in [2.75, 3.05) is 13.1 Å². The molecule has 0 saturated carbocycles. The molecule has 112 valence electrons. The van der Waals surface area contributed by atoms with Crippen LogP contribution in [0.2, 0.25) is 0 Å². The van der Waals surface area contributed by atoms with E-state index in [-0.39, 0.29) is 6.04 Å². The molecule has 0 heterocycles. The molecule has 0 aliphatic carbocycles. The molecule has 0 fully saturated rings. The highest BCUT2D eigenvalue weighted by Crippen LogP contribution is 2.21. The lowest BCUT2D eigenvalue weighted by atomic mass is 10.0. The van der Waals surface area contributed by atoms with E-state index < -0.39 is 10.2 Å². The van der Waals surface area contributed by atoms with Gasteiger partial charge in [0.1, 0.15) is 0 Å². The second-order valence-corrected chi connectivity index (χ2v) is 6.53. The minimum atomic E-state index is -3.47. The number of nitrogens with one attached hydrogen (secondary N) is 1. The van der Waals surface area contributed by atoms with Gasteiger partial charge in [-0.15, -0.1) is 6.58 Å². The van der Waals surface area contributed by atoms with Gasteiger partial charge in [-0.05, 0) is 18.9 Å². The molecule has 1 rings (SSSR count). The van der Waals surface area contributed by atoms with E-state index >= 15 is 0 Å². The monoisotopic (exact) mass is 296 g/mol. The first kappa shape index (κ1) is 16.9. The summed E-state index contributed by atoms with van der Waals surface area (Å²) in [7, 11) is -3.47. The Morgan fingerprint density at radius 1 is 1.25 bits per heavy atom. The van der Waals surface area contributed by atoms with Crippen LogP contribution in [0.15, 0.2) is 42.5 Å². The zero-order valence-electron chi connectivity index (χ0n) is 12.5. The highest BCUT2D eigenvalue weighted by atomic mass is 32.2.